The molecule has 0 saturated carbocycles. The van der Waals surface area contributed by atoms with Crippen LogP contribution in [0, 0.1) is 0 Å². The summed E-state index contributed by atoms with van der Waals surface area (Å²) in [6, 6.07) is 13.9. The Morgan fingerprint density at radius 3 is 2.03 bits per heavy atom. The molecule has 8 nitrogen and oxygen atoms in total. The molecule has 0 atom stereocenters. The molecule has 0 aromatic heterocycles. The van der Waals surface area contributed by atoms with E-state index in [9.17, 15) is 18.0 Å². The summed E-state index contributed by atoms with van der Waals surface area (Å²) >= 11 is 0. The number of hydrogen-bond donors (Lipinski definition) is 2. The third-order valence-corrected chi connectivity index (χ3v) is 7.85. The van der Waals surface area contributed by atoms with Crippen LogP contribution < -0.4 is 10.6 Å². The Kier molecular flexibility index (Phi) is 8.12. The zero-order chi connectivity index (χ0) is 24.9. The topological polar surface area (TPSA) is 98.8 Å². The molecule has 0 radical (unpaired) electrons. The normalized spacial score (nSPS) is 15.6. The standard InChI is InChI=1S/C25H34N4O4S/c1-25(2,3)21-9-7-20(8-10-21)24(31)27-18-23(30)26-17-19-5-11-22(12-6-19)34(32,33)29-15-13-28(4)14-16-29/h5-12H,13-18H2,1-4H3,(H,26,30)(H,27,31). The summed E-state index contributed by atoms with van der Waals surface area (Å²) in [5.74, 6) is -0.636. The zero-order valence-electron chi connectivity index (χ0n) is 20.3. The number of sulfonamides is 1. The first-order valence-corrected chi connectivity index (χ1v) is 12.8. The first kappa shape index (κ1) is 25.9. The Morgan fingerprint density at radius 1 is 0.882 bits per heavy atom. The van der Waals surface area contributed by atoms with Crippen LogP contribution in [0.3, 0.4) is 0 Å². The number of likely N-dealkylation sites (N-methyl/N-ethyl adjacent to an activating group) is 1. The van der Waals surface area contributed by atoms with Crippen LogP contribution in [-0.2, 0) is 26.8 Å². The van der Waals surface area contributed by atoms with Gasteiger partial charge in [0.2, 0.25) is 15.9 Å². The number of rotatable bonds is 7. The highest BCUT2D eigenvalue weighted by molar-refractivity contribution is 7.89. The predicted octanol–water partition coefficient (Wildman–Crippen LogP) is 1.97. The van der Waals surface area contributed by atoms with Crippen LogP contribution >= 0.6 is 0 Å². The molecular weight excluding hydrogens is 452 g/mol. The Morgan fingerprint density at radius 2 is 1.47 bits per heavy atom. The van der Waals surface area contributed by atoms with E-state index in [1.807, 2.05) is 19.2 Å². The quantitative estimate of drug-likeness (QED) is 0.624. The van der Waals surface area contributed by atoms with Crippen molar-refractivity contribution in [2.24, 2.45) is 0 Å². The number of carbonyl (C=O) groups excluding carboxylic acids is 2. The summed E-state index contributed by atoms with van der Waals surface area (Å²) in [5.41, 5.74) is 2.40. The first-order chi connectivity index (χ1) is 16.0. The SMILES string of the molecule is CN1CCN(S(=O)(=O)c2ccc(CNC(=O)CNC(=O)c3ccc(C(C)(C)C)cc3)cc2)CC1. The molecule has 0 bridgehead atoms. The summed E-state index contributed by atoms with van der Waals surface area (Å²) < 4.78 is 27.1. The Hall–Kier alpha value is -2.75. The van der Waals surface area contributed by atoms with Crippen LogP contribution in [0.5, 0.6) is 0 Å². The molecular formula is C25H34N4O4S. The molecule has 2 aromatic rings. The molecule has 1 heterocycles. The second kappa shape index (κ2) is 10.7. The molecule has 1 aliphatic heterocycles. The van der Waals surface area contributed by atoms with Crippen molar-refractivity contribution in [3.05, 3.63) is 65.2 Å². The van der Waals surface area contributed by atoms with Gasteiger partial charge in [-0.05, 0) is 47.9 Å². The molecule has 2 aromatic carbocycles. The smallest absolute Gasteiger partial charge is 0.251 e. The highest BCUT2D eigenvalue weighted by Crippen LogP contribution is 2.22. The van der Waals surface area contributed by atoms with Crippen molar-refractivity contribution in [3.63, 3.8) is 0 Å². The number of nitrogens with zero attached hydrogens (tertiary/aromatic N) is 2. The molecule has 1 aliphatic rings. The molecule has 0 aliphatic carbocycles. The summed E-state index contributed by atoms with van der Waals surface area (Å²) in [4.78, 5) is 26.8. The van der Waals surface area contributed by atoms with Gasteiger partial charge in [0.05, 0.1) is 11.4 Å². The Bertz CT molecular complexity index is 1100. The molecule has 3 rings (SSSR count). The van der Waals surface area contributed by atoms with E-state index >= 15 is 0 Å². The van der Waals surface area contributed by atoms with Gasteiger partial charge in [0.15, 0.2) is 0 Å². The fourth-order valence-electron chi connectivity index (χ4n) is 3.60. The molecule has 2 N–H and O–H groups in total. The average Bonchev–Trinajstić information content (AvgIpc) is 2.81. The van der Waals surface area contributed by atoms with Crippen LogP contribution in [0.25, 0.3) is 0 Å². The van der Waals surface area contributed by atoms with Gasteiger partial charge in [-0.1, -0.05) is 45.0 Å². The molecule has 0 unspecified atom stereocenters. The van der Waals surface area contributed by atoms with Crippen molar-refractivity contribution in [1.29, 1.82) is 0 Å². The van der Waals surface area contributed by atoms with E-state index in [0.717, 1.165) is 11.1 Å². The molecule has 184 valence electrons. The van der Waals surface area contributed by atoms with E-state index < -0.39 is 10.0 Å². The van der Waals surface area contributed by atoms with Crippen LogP contribution in [0.15, 0.2) is 53.4 Å². The summed E-state index contributed by atoms with van der Waals surface area (Å²) in [7, 11) is -1.54. The molecule has 2 amide bonds. The van der Waals surface area contributed by atoms with E-state index in [0.29, 0.717) is 31.7 Å². The van der Waals surface area contributed by atoms with Crippen LogP contribution in [-0.4, -0.2) is 69.2 Å². The van der Waals surface area contributed by atoms with Crippen LogP contribution in [0.1, 0.15) is 42.3 Å². The van der Waals surface area contributed by atoms with E-state index in [2.05, 4.69) is 36.3 Å². The number of benzene rings is 2. The minimum atomic E-state index is -3.52. The zero-order valence-corrected chi connectivity index (χ0v) is 21.1. The second-order valence-corrected chi connectivity index (χ2v) is 11.6. The summed E-state index contributed by atoms with van der Waals surface area (Å²) in [5, 5.41) is 5.36. The maximum Gasteiger partial charge on any atom is 0.251 e. The fraction of sp³-hybridized carbons (Fsp3) is 0.440. The average molecular weight is 487 g/mol. The fourth-order valence-corrected chi connectivity index (χ4v) is 5.03. The van der Waals surface area contributed by atoms with Crippen molar-refractivity contribution in [1.82, 2.24) is 19.8 Å². The van der Waals surface area contributed by atoms with E-state index in [4.69, 9.17) is 0 Å². The molecule has 1 saturated heterocycles. The van der Waals surface area contributed by atoms with Crippen LogP contribution in [0.4, 0.5) is 0 Å². The van der Waals surface area contributed by atoms with Gasteiger partial charge < -0.3 is 15.5 Å². The van der Waals surface area contributed by atoms with Crippen molar-refractivity contribution in [2.75, 3.05) is 39.8 Å². The van der Waals surface area contributed by atoms with Gasteiger partial charge in [-0.25, -0.2) is 8.42 Å². The number of carbonyl (C=O) groups is 2. The predicted molar refractivity (Wildman–Crippen MR) is 132 cm³/mol. The van der Waals surface area contributed by atoms with Gasteiger partial charge in [-0.2, -0.15) is 4.31 Å². The highest BCUT2D eigenvalue weighted by atomic mass is 32.2. The first-order valence-electron chi connectivity index (χ1n) is 11.4. The Balaban J connectivity index is 1.47. The van der Waals surface area contributed by atoms with Gasteiger partial charge in [0, 0.05) is 38.3 Å². The van der Waals surface area contributed by atoms with Crippen molar-refractivity contribution in [3.8, 4) is 0 Å². The lowest BCUT2D eigenvalue weighted by Crippen LogP contribution is -2.47. The van der Waals surface area contributed by atoms with Gasteiger partial charge in [-0.3, -0.25) is 9.59 Å². The van der Waals surface area contributed by atoms with Crippen molar-refractivity contribution >= 4 is 21.8 Å². The number of hydrogen-bond acceptors (Lipinski definition) is 5. The van der Waals surface area contributed by atoms with Gasteiger partial charge >= 0.3 is 0 Å². The molecule has 0 spiro atoms. The van der Waals surface area contributed by atoms with E-state index in [-0.39, 0.29) is 35.2 Å². The minimum Gasteiger partial charge on any atom is -0.350 e. The van der Waals surface area contributed by atoms with Gasteiger partial charge in [-0.15, -0.1) is 0 Å². The molecule has 34 heavy (non-hydrogen) atoms. The molecule has 9 heteroatoms. The summed E-state index contributed by atoms with van der Waals surface area (Å²) in [6.07, 6.45) is 0. The van der Waals surface area contributed by atoms with Crippen molar-refractivity contribution < 1.29 is 18.0 Å². The highest BCUT2D eigenvalue weighted by Gasteiger charge is 2.27. The Labute approximate surface area is 202 Å². The van der Waals surface area contributed by atoms with Crippen molar-refractivity contribution in [2.45, 2.75) is 37.6 Å². The lowest BCUT2D eigenvalue weighted by molar-refractivity contribution is -0.120. The number of amides is 2. The maximum absolute atomic E-state index is 12.8. The number of piperazine rings is 1. The third kappa shape index (κ3) is 6.65. The van der Waals surface area contributed by atoms with Gasteiger partial charge in [0.1, 0.15) is 0 Å². The lowest BCUT2D eigenvalue weighted by atomic mass is 9.87. The second-order valence-electron chi connectivity index (χ2n) is 9.64. The number of nitrogens with one attached hydrogen (secondary N) is 2. The lowest BCUT2D eigenvalue weighted by Gasteiger charge is -2.31. The van der Waals surface area contributed by atoms with E-state index in [1.165, 1.54) is 4.31 Å². The van der Waals surface area contributed by atoms with E-state index in [1.54, 1.807) is 36.4 Å². The third-order valence-electron chi connectivity index (χ3n) is 5.94. The minimum absolute atomic E-state index is 0.00184. The van der Waals surface area contributed by atoms with Gasteiger partial charge in [0.25, 0.3) is 5.91 Å². The largest absolute Gasteiger partial charge is 0.350 e. The summed E-state index contributed by atoms with van der Waals surface area (Å²) in [6.45, 7) is 8.78. The maximum atomic E-state index is 12.8. The monoisotopic (exact) mass is 486 g/mol. The van der Waals surface area contributed by atoms with Crippen LogP contribution in [0.2, 0.25) is 0 Å². The molecule has 1 fully saturated rings.